The minimum Gasteiger partial charge on any atom is -0.464 e. The molecule has 0 fully saturated rings. The molecule has 0 spiro atoms. The molecule has 1 amide bonds. The Hall–Kier alpha value is -2.07. The van der Waals surface area contributed by atoms with Gasteiger partial charge in [-0.05, 0) is 41.8 Å². The number of furan rings is 1. The molecule has 96 valence electrons. The Balaban J connectivity index is 2.07. The zero-order valence-corrected chi connectivity index (χ0v) is 11.5. The maximum atomic E-state index is 11.9. The SMILES string of the molecule is CN(C)C(=O)c1cc2cc(-c3ccco3)ccc2s1. The third-order valence-electron chi connectivity index (χ3n) is 2.94. The topological polar surface area (TPSA) is 33.5 Å². The fourth-order valence-corrected chi connectivity index (χ4v) is 3.03. The number of nitrogens with zero attached hydrogens (tertiary/aromatic N) is 1. The summed E-state index contributed by atoms with van der Waals surface area (Å²) in [5, 5.41) is 1.07. The molecule has 0 aliphatic heterocycles. The molecule has 0 atom stereocenters. The van der Waals surface area contributed by atoms with Crippen LogP contribution < -0.4 is 0 Å². The number of hydrogen-bond donors (Lipinski definition) is 0. The Morgan fingerprint density at radius 3 is 2.74 bits per heavy atom. The van der Waals surface area contributed by atoms with Crippen molar-refractivity contribution in [3.05, 3.63) is 47.5 Å². The number of thiophene rings is 1. The van der Waals surface area contributed by atoms with Gasteiger partial charge in [0.15, 0.2) is 0 Å². The van der Waals surface area contributed by atoms with Gasteiger partial charge in [0.25, 0.3) is 5.91 Å². The van der Waals surface area contributed by atoms with Crippen molar-refractivity contribution < 1.29 is 9.21 Å². The molecule has 1 aromatic carbocycles. The molecule has 3 aromatic rings. The van der Waals surface area contributed by atoms with E-state index in [1.165, 1.54) is 11.3 Å². The van der Waals surface area contributed by atoms with E-state index in [0.717, 1.165) is 26.3 Å². The van der Waals surface area contributed by atoms with Crippen LogP contribution >= 0.6 is 11.3 Å². The highest BCUT2D eigenvalue weighted by atomic mass is 32.1. The summed E-state index contributed by atoms with van der Waals surface area (Å²) in [5.74, 6) is 0.884. The van der Waals surface area contributed by atoms with Crippen LogP contribution in [0.2, 0.25) is 0 Å². The monoisotopic (exact) mass is 271 g/mol. The summed E-state index contributed by atoms with van der Waals surface area (Å²) in [6.07, 6.45) is 1.66. The van der Waals surface area contributed by atoms with Gasteiger partial charge in [-0.3, -0.25) is 4.79 Å². The first-order valence-corrected chi connectivity index (χ1v) is 6.76. The molecule has 2 aromatic heterocycles. The second-order valence-electron chi connectivity index (χ2n) is 4.54. The molecule has 0 saturated heterocycles. The van der Waals surface area contributed by atoms with E-state index in [9.17, 15) is 4.79 Å². The molecule has 2 heterocycles. The van der Waals surface area contributed by atoms with Gasteiger partial charge in [-0.25, -0.2) is 0 Å². The van der Waals surface area contributed by atoms with E-state index in [4.69, 9.17) is 4.42 Å². The van der Waals surface area contributed by atoms with Gasteiger partial charge in [-0.1, -0.05) is 0 Å². The zero-order chi connectivity index (χ0) is 13.4. The van der Waals surface area contributed by atoms with Crippen LogP contribution in [0, 0.1) is 0 Å². The van der Waals surface area contributed by atoms with Gasteiger partial charge in [0.2, 0.25) is 0 Å². The number of carbonyl (C=O) groups is 1. The number of benzene rings is 1. The van der Waals surface area contributed by atoms with Crippen LogP contribution in [-0.2, 0) is 0 Å². The average molecular weight is 271 g/mol. The van der Waals surface area contributed by atoms with Crippen molar-refractivity contribution in [3.63, 3.8) is 0 Å². The van der Waals surface area contributed by atoms with Gasteiger partial charge in [0.1, 0.15) is 5.76 Å². The van der Waals surface area contributed by atoms with Gasteiger partial charge >= 0.3 is 0 Å². The minimum atomic E-state index is 0.0424. The second-order valence-corrected chi connectivity index (χ2v) is 5.62. The van der Waals surface area contributed by atoms with Gasteiger partial charge in [0.05, 0.1) is 11.1 Å². The number of amides is 1. The average Bonchev–Trinajstić information content (AvgIpc) is 3.05. The van der Waals surface area contributed by atoms with Crippen molar-refractivity contribution in [2.24, 2.45) is 0 Å². The first-order valence-electron chi connectivity index (χ1n) is 5.94. The molecule has 0 aliphatic rings. The normalized spacial score (nSPS) is 10.8. The molecule has 0 N–H and O–H groups in total. The number of carbonyl (C=O) groups excluding carboxylic acids is 1. The van der Waals surface area contributed by atoms with Crippen LogP contribution in [0.4, 0.5) is 0 Å². The summed E-state index contributed by atoms with van der Waals surface area (Å²) < 4.78 is 6.50. The first kappa shape index (κ1) is 12.0. The van der Waals surface area contributed by atoms with Crippen LogP contribution in [0.25, 0.3) is 21.4 Å². The molecule has 3 rings (SSSR count). The van der Waals surface area contributed by atoms with E-state index < -0.39 is 0 Å². The van der Waals surface area contributed by atoms with E-state index in [1.54, 1.807) is 25.3 Å². The van der Waals surface area contributed by atoms with Crippen LogP contribution in [0.3, 0.4) is 0 Å². The number of fused-ring (bicyclic) bond motifs is 1. The van der Waals surface area contributed by atoms with Crippen molar-refractivity contribution in [3.8, 4) is 11.3 Å². The van der Waals surface area contributed by atoms with Crippen molar-refractivity contribution in [1.29, 1.82) is 0 Å². The Labute approximate surface area is 115 Å². The zero-order valence-electron chi connectivity index (χ0n) is 10.7. The Kier molecular flexibility index (Phi) is 2.87. The van der Waals surface area contributed by atoms with E-state index in [0.29, 0.717) is 0 Å². The summed E-state index contributed by atoms with van der Waals surface area (Å²) in [5.41, 5.74) is 1.03. The molecular formula is C15H13NO2S. The lowest BCUT2D eigenvalue weighted by atomic mass is 10.1. The molecule has 3 nitrogen and oxygen atoms in total. The molecule has 0 unspecified atom stereocenters. The van der Waals surface area contributed by atoms with E-state index in [-0.39, 0.29) is 5.91 Å². The highest BCUT2D eigenvalue weighted by molar-refractivity contribution is 7.20. The van der Waals surface area contributed by atoms with E-state index in [2.05, 4.69) is 6.07 Å². The fraction of sp³-hybridized carbons (Fsp3) is 0.133. The van der Waals surface area contributed by atoms with Crippen LogP contribution in [0.1, 0.15) is 9.67 Å². The van der Waals surface area contributed by atoms with Gasteiger partial charge in [-0.2, -0.15) is 0 Å². The third kappa shape index (κ3) is 2.15. The van der Waals surface area contributed by atoms with E-state index >= 15 is 0 Å². The molecule has 0 bridgehead atoms. The third-order valence-corrected chi connectivity index (χ3v) is 4.04. The molecule has 0 aliphatic carbocycles. The number of hydrogen-bond acceptors (Lipinski definition) is 3. The van der Waals surface area contributed by atoms with Gasteiger partial charge in [-0.15, -0.1) is 11.3 Å². The summed E-state index contributed by atoms with van der Waals surface area (Å²) >= 11 is 1.52. The Morgan fingerprint density at radius 1 is 1.21 bits per heavy atom. The standard InChI is InChI=1S/C15H13NO2S/c1-16(2)15(17)14-9-11-8-10(5-6-13(11)19-14)12-4-3-7-18-12/h3-9H,1-2H3. The summed E-state index contributed by atoms with van der Waals surface area (Å²) in [4.78, 5) is 14.3. The predicted molar refractivity (Wildman–Crippen MR) is 77.5 cm³/mol. The molecule has 0 radical (unpaired) electrons. The molecular weight excluding hydrogens is 258 g/mol. The van der Waals surface area contributed by atoms with Crippen molar-refractivity contribution in [2.45, 2.75) is 0 Å². The second kappa shape index (κ2) is 4.55. The lowest BCUT2D eigenvalue weighted by molar-refractivity contribution is 0.0832. The Bertz CT molecular complexity index is 726. The fourth-order valence-electron chi connectivity index (χ4n) is 1.97. The number of rotatable bonds is 2. The molecule has 0 saturated carbocycles. The van der Waals surface area contributed by atoms with Crippen molar-refractivity contribution >= 4 is 27.3 Å². The maximum Gasteiger partial charge on any atom is 0.263 e. The summed E-state index contributed by atoms with van der Waals surface area (Å²) in [6.45, 7) is 0. The minimum absolute atomic E-state index is 0.0424. The molecule has 19 heavy (non-hydrogen) atoms. The maximum absolute atomic E-state index is 11.9. The molecule has 4 heteroatoms. The smallest absolute Gasteiger partial charge is 0.263 e. The predicted octanol–water partition coefficient (Wildman–Crippen LogP) is 3.86. The Morgan fingerprint density at radius 2 is 2.05 bits per heavy atom. The van der Waals surface area contributed by atoms with Crippen LogP contribution in [0.5, 0.6) is 0 Å². The highest BCUT2D eigenvalue weighted by Gasteiger charge is 2.12. The van der Waals surface area contributed by atoms with Crippen LogP contribution in [0.15, 0.2) is 47.1 Å². The largest absolute Gasteiger partial charge is 0.464 e. The van der Waals surface area contributed by atoms with Gasteiger partial charge < -0.3 is 9.32 Å². The lowest BCUT2D eigenvalue weighted by Crippen LogP contribution is -2.20. The summed E-state index contributed by atoms with van der Waals surface area (Å²) in [7, 11) is 3.53. The highest BCUT2D eigenvalue weighted by Crippen LogP contribution is 2.30. The lowest BCUT2D eigenvalue weighted by Gasteiger charge is -2.06. The van der Waals surface area contributed by atoms with Gasteiger partial charge in [0, 0.05) is 24.4 Å². The van der Waals surface area contributed by atoms with Crippen molar-refractivity contribution in [1.82, 2.24) is 4.90 Å². The summed E-state index contributed by atoms with van der Waals surface area (Å²) in [6, 6.07) is 11.8. The van der Waals surface area contributed by atoms with Crippen molar-refractivity contribution in [2.75, 3.05) is 14.1 Å². The quantitative estimate of drug-likeness (QED) is 0.709. The first-order chi connectivity index (χ1) is 9.15. The van der Waals surface area contributed by atoms with Crippen LogP contribution in [-0.4, -0.2) is 24.9 Å². The van der Waals surface area contributed by atoms with E-state index in [1.807, 2.05) is 30.3 Å².